The van der Waals surface area contributed by atoms with Gasteiger partial charge in [-0.15, -0.1) is 0 Å². The molecule has 0 N–H and O–H groups in total. The van der Waals surface area contributed by atoms with Gasteiger partial charge in [-0.2, -0.15) is 0 Å². The maximum atomic E-state index is 12.8. The Bertz CT molecular complexity index is 905. The van der Waals surface area contributed by atoms with Crippen molar-refractivity contribution in [3.63, 3.8) is 0 Å². The molecule has 0 unspecified atom stereocenters. The largest absolute Gasteiger partial charge is 0.493 e. The lowest BCUT2D eigenvalue weighted by atomic mass is 9.96. The molecule has 5 nitrogen and oxygen atoms in total. The molecule has 1 aliphatic heterocycles. The van der Waals surface area contributed by atoms with Crippen LogP contribution in [-0.2, 0) is 0 Å². The second-order valence-corrected chi connectivity index (χ2v) is 7.82. The van der Waals surface area contributed by atoms with Crippen molar-refractivity contribution in [2.75, 3.05) is 19.7 Å². The van der Waals surface area contributed by atoms with E-state index in [1.165, 1.54) is 0 Å². The van der Waals surface area contributed by atoms with Crippen molar-refractivity contribution < 1.29 is 13.9 Å². The number of rotatable bonds is 5. The Labute approximate surface area is 165 Å². The van der Waals surface area contributed by atoms with Gasteiger partial charge in [0.1, 0.15) is 11.3 Å². The lowest BCUT2D eigenvalue weighted by Gasteiger charge is -2.30. The molecule has 2 aromatic carbocycles. The topological polar surface area (TPSA) is 55.6 Å². The van der Waals surface area contributed by atoms with Gasteiger partial charge < -0.3 is 14.1 Å². The zero-order valence-electron chi connectivity index (χ0n) is 16.4. The summed E-state index contributed by atoms with van der Waals surface area (Å²) in [5.41, 5.74) is 2.43. The maximum Gasteiger partial charge on any atom is 0.253 e. The van der Waals surface area contributed by atoms with Gasteiger partial charge in [-0.1, -0.05) is 26.0 Å². The Morgan fingerprint density at radius 1 is 1.14 bits per heavy atom. The molecule has 146 valence electrons. The van der Waals surface area contributed by atoms with Gasteiger partial charge in [0.25, 0.3) is 5.91 Å². The van der Waals surface area contributed by atoms with E-state index < -0.39 is 0 Å². The first kappa shape index (κ1) is 18.5. The first-order chi connectivity index (χ1) is 13.6. The van der Waals surface area contributed by atoms with Crippen molar-refractivity contribution in [3.8, 4) is 5.75 Å². The van der Waals surface area contributed by atoms with Crippen molar-refractivity contribution in [2.24, 2.45) is 5.92 Å². The standard InChI is InChI=1S/C23H26N2O3/c1-16(2)15-27-19-9-7-18(8-10-19)23(26)25-13-11-17(12-14-25)22-24-20-5-3-4-6-21(20)28-22/h3-10,16-17H,11-15H2,1-2H3. The SMILES string of the molecule is CC(C)COc1ccc(C(=O)N2CCC(c3nc4ccccc4o3)CC2)cc1. The van der Waals surface area contributed by atoms with Crippen LogP contribution in [-0.4, -0.2) is 35.5 Å². The number of carbonyl (C=O) groups excluding carboxylic acids is 1. The Hall–Kier alpha value is -2.82. The molecular formula is C23H26N2O3. The lowest BCUT2D eigenvalue weighted by molar-refractivity contribution is 0.0706. The molecule has 1 aromatic heterocycles. The summed E-state index contributed by atoms with van der Waals surface area (Å²) in [4.78, 5) is 19.3. The summed E-state index contributed by atoms with van der Waals surface area (Å²) in [6.45, 7) is 6.34. The lowest BCUT2D eigenvalue weighted by Crippen LogP contribution is -2.37. The number of aromatic nitrogens is 1. The third-order valence-electron chi connectivity index (χ3n) is 5.13. The molecule has 1 amide bonds. The number of fused-ring (bicyclic) bond motifs is 1. The zero-order valence-corrected chi connectivity index (χ0v) is 16.4. The summed E-state index contributed by atoms with van der Waals surface area (Å²) in [7, 11) is 0. The number of hydrogen-bond acceptors (Lipinski definition) is 4. The highest BCUT2D eigenvalue weighted by molar-refractivity contribution is 5.94. The summed E-state index contributed by atoms with van der Waals surface area (Å²) in [6.07, 6.45) is 1.74. The van der Waals surface area contributed by atoms with Crippen molar-refractivity contribution in [1.29, 1.82) is 0 Å². The van der Waals surface area contributed by atoms with Gasteiger partial charge in [0.15, 0.2) is 11.5 Å². The highest BCUT2D eigenvalue weighted by atomic mass is 16.5. The average Bonchev–Trinajstić information content (AvgIpc) is 3.16. The van der Waals surface area contributed by atoms with Gasteiger partial charge in [-0.3, -0.25) is 4.79 Å². The van der Waals surface area contributed by atoms with Crippen LogP contribution in [0.3, 0.4) is 0 Å². The number of para-hydroxylation sites is 2. The first-order valence-corrected chi connectivity index (χ1v) is 9.98. The predicted octanol–water partition coefficient (Wildman–Crippen LogP) is 4.88. The van der Waals surface area contributed by atoms with Gasteiger partial charge in [0.2, 0.25) is 0 Å². The number of oxazole rings is 1. The Morgan fingerprint density at radius 2 is 1.86 bits per heavy atom. The van der Waals surface area contributed by atoms with Crippen LogP contribution in [0.2, 0.25) is 0 Å². The number of hydrogen-bond donors (Lipinski definition) is 0. The monoisotopic (exact) mass is 378 g/mol. The van der Waals surface area contributed by atoms with E-state index in [4.69, 9.17) is 9.15 Å². The van der Waals surface area contributed by atoms with E-state index in [0.717, 1.165) is 35.6 Å². The van der Waals surface area contributed by atoms with Gasteiger partial charge in [-0.05, 0) is 55.2 Å². The Balaban J connectivity index is 1.35. The molecule has 0 spiro atoms. The fraction of sp³-hybridized carbons (Fsp3) is 0.391. The third-order valence-corrected chi connectivity index (χ3v) is 5.13. The molecule has 5 heteroatoms. The fourth-order valence-electron chi connectivity index (χ4n) is 3.53. The van der Waals surface area contributed by atoms with Crippen LogP contribution >= 0.6 is 0 Å². The molecule has 1 aliphatic rings. The number of carbonyl (C=O) groups is 1. The smallest absolute Gasteiger partial charge is 0.253 e. The van der Waals surface area contributed by atoms with E-state index in [0.29, 0.717) is 31.2 Å². The van der Waals surface area contributed by atoms with Gasteiger partial charge in [0, 0.05) is 24.6 Å². The molecule has 4 rings (SSSR count). The second kappa shape index (κ2) is 8.05. The number of likely N-dealkylation sites (tertiary alicyclic amines) is 1. The van der Waals surface area contributed by atoms with Crippen LogP contribution in [0.1, 0.15) is 48.9 Å². The number of piperidine rings is 1. The van der Waals surface area contributed by atoms with Crippen molar-refractivity contribution in [1.82, 2.24) is 9.88 Å². The Kier molecular flexibility index (Phi) is 5.33. The predicted molar refractivity (Wildman–Crippen MR) is 109 cm³/mol. The molecule has 0 bridgehead atoms. The average molecular weight is 378 g/mol. The minimum absolute atomic E-state index is 0.0754. The molecule has 0 saturated carbocycles. The van der Waals surface area contributed by atoms with Gasteiger partial charge in [-0.25, -0.2) is 4.98 Å². The van der Waals surface area contributed by atoms with E-state index >= 15 is 0 Å². The summed E-state index contributed by atoms with van der Waals surface area (Å²) in [6, 6.07) is 15.3. The van der Waals surface area contributed by atoms with Crippen molar-refractivity contribution in [2.45, 2.75) is 32.6 Å². The molecule has 3 aromatic rings. The normalized spacial score (nSPS) is 15.3. The van der Waals surface area contributed by atoms with Crippen molar-refractivity contribution >= 4 is 17.0 Å². The molecule has 0 atom stereocenters. The van der Waals surface area contributed by atoms with E-state index in [2.05, 4.69) is 18.8 Å². The van der Waals surface area contributed by atoms with Crippen molar-refractivity contribution in [3.05, 3.63) is 60.0 Å². The molecule has 1 saturated heterocycles. The van der Waals surface area contributed by atoms with E-state index in [-0.39, 0.29) is 11.8 Å². The summed E-state index contributed by atoms with van der Waals surface area (Å²) in [5.74, 6) is 2.42. The van der Waals surface area contributed by atoms with Gasteiger partial charge in [0.05, 0.1) is 6.61 Å². The maximum absolute atomic E-state index is 12.8. The van der Waals surface area contributed by atoms with E-state index in [1.807, 2.05) is 53.4 Å². The Morgan fingerprint density at radius 3 is 2.54 bits per heavy atom. The molecule has 2 heterocycles. The minimum atomic E-state index is 0.0754. The number of nitrogens with zero attached hydrogens (tertiary/aromatic N) is 2. The number of ether oxygens (including phenoxy) is 1. The number of amides is 1. The van der Waals surface area contributed by atoms with Gasteiger partial charge >= 0.3 is 0 Å². The summed E-state index contributed by atoms with van der Waals surface area (Å²) >= 11 is 0. The van der Waals surface area contributed by atoms with Crippen LogP contribution in [0.25, 0.3) is 11.1 Å². The number of benzene rings is 2. The molecule has 28 heavy (non-hydrogen) atoms. The molecule has 0 aliphatic carbocycles. The summed E-state index contributed by atoms with van der Waals surface area (Å²) in [5, 5.41) is 0. The second-order valence-electron chi connectivity index (χ2n) is 7.82. The first-order valence-electron chi connectivity index (χ1n) is 9.98. The highest BCUT2D eigenvalue weighted by Crippen LogP contribution is 2.30. The third kappa shape index (κ3) is 4.03. The zero-order chi connectivity index (χ0) is 19.5. The highest BCUT2D eigenvalue weighted by Gasteiger charge is 2.27. The van der Waals surface area contributed by atoms with Crippen LogP contribution in [0, 0.1) is 5.92 Å². The minimum Gasteiger partial charge on any atom is -0.493 e. The van der Waals surface area contributed by atoms with Crippen LogP contribution in [0.15, 0.2) is 52.9 Å². The molecule has 0 radical (unpaired) electrons. The quantitative estimate of drug-likeness (QED) is 0.635. The fourth-order valence-corrected chi connectivity index (χ4v) is 3.53. The van der Waals surface area contributed by atoms with Crippen LogP contribution in [0.5, 0.6) is 5.75 Å². The van der Waals surface area contributed by atoms with Crippen LogP contribution < -0.4 is 4.74 Å². The molecule has 1 fully saturated rings. The van der Waals surface area contributed by atoms with Crippen LogP contribution in [0.4, 0.5) is 0 Å². The van der Waals surface area contributed by atoms with E-state index in [1.54, 1.807) is 0 Å². The molecular weight excluding hydrogens is 352 g/mol. The van der Waals surface area contributed by atoms with E-state index in [9.17, 15) is 4.79 Å². The summed E-state index contributed by atoms with van der Waals surface area (Å²) < 4.78 is 11.6.